The molecule has 2 heterocycles. The Labute approximate surface area is 120 Å². The second-order valence-electron chi connectivity index (χ2n) is 5.04. The third-order valence-electron chi connectivity index (χ3n) is 3.55. The molecule has 4 heteroatoms. The van der Waals surface area contributed by atoms with Gasteiger partial charge in [0.05, 0.1) is 21.8 Å². The first-order valence-electron chi connectivity index (χ1n) is 6.30. The Kier molecular flexibility index (Phi) is 3.68. The minimum absolute atomic E-state index is 0.242. The molecule has 0 saturated carbocycles. The predicted molar refractivity (Wildman–Crippen MR) is 79.6 cm³/mol. The van der Waals surface area contributed by atoms with Crippen LogP contribution < -0.4 is 0 Å². The van der Waals surface area contributed by atoms with Gasteiger partial charge in [0.1, 0.15) is 0 Å². The third-order valence-corrected chi connectivity index (χ3v) is 5.78. The minimum Gasteiger partial charge on any atom is -0.381 e. The number of rotatable bonds is 3. The molecule has 1 aliphatic rings. The zero-order chi connectivity index (χ0) is 12.4. The lowest BCUT2D eigenvalue weighted by Gasteiger charge is -2.34. The molecule has 18 heavy (non-hydrogen) atoms. The number of fused-ring (bicyclic) bond motifs is 1. The van der Waals surface area contributed by atoms with Gasteiger partial charge in [-0.3, -0.25) is 0 Å². The van der Waals surface area contributed by atoms with E-state index in [2.05, 4.69) is 40.2 Å². The smallest absolute Gasteiger partial charge is 0.0945 e. The van der Waals surface area contributed by atoms with E-state index >= 15 is 0 Å². The highest BCUT2D eigenvalue weighted by atomic mass is 79.9. The normalized spacial score (nSPS) is 24.5. The highest BCUT2D eigenvalue weighted by Gasteiger charge is 2.33. The van der Waals surface area contributed by atoms with Gasteiger partial charge in [0, 0.05) is 23.8 Å². The number of alkyl halides is 1. The lowest BCUT2D eigenvalue weighted by molar-refractivity contribution is 0.00615. The van der Waals surface area contributed by atoms with Crippen LogP contribution in [0.5, 0.6) is 0 Å². The largest absolute Gasteiger partial charge is 0.381 e. The fraction of sp³-hybridized carbons (Fsp3) is 0.500. The summed E-state index contributed by atoms with van der Waals surface area (Å²) < 4.78 is 6.96. The number of halogens is 1. The molecule has 1 fully saturated rings. The molecule has 1 aromatic carbocycles. The molecule has 0 amide bonds. The topological polar surface area (TPSA) is 22.1 Å². The summed E-state index contributed by atoms with van der Waals surface area (Å²) in [5.74, 6) is 0. The van der Waals surface area contributed by atoms with E-state index in [4.69, 9.17) is 9.72 Å². The van der Waals surface area contributed by atoms with Crippen LogP contribution in [0.15, 0.2) is 24.3 Å². The second-order valence-corrected chi connectivity index (χ2v) is 6.72. The van der Waals surface area contributed by atoms with Crippen molar-refractivity contribution in [3.05, 3.63) is 29.3 Å². The molecule has 2 nitrogen and oxygen atoms in total. The molecule has 0 N–H and O–H groups in total. The second kappa shape index (κ2) is 5.27. The number of aromatic nitrogens is 1. The maximum absolute atomic E-state index is 5.67. The number of hydrogen-bond acceptors (Lipinski definition) is 3. The Balaban J connectivity index is 1.85. The average Bonchev–Trinajstić information content (AvgIpc) is 2.81. The van der Waals surface area contributed by atoms with Gasteiger partial charge in [-0.15, -0.1) is 11.3 Å². The van der Waals surface area contributed by atoms with Crippen LogP contribution in [-0.2, 0) is 11.2 Å². The van der Waals surface area contributed by atoms with Crippen LogP contribution in [0, 0.1) is 5.41 Å². The summed E-state index contributed by atoms with van der Waals surface area (Å²) in [6.45, 7) is 1.77. The van der Waals surface area contributed by atoms with Crippen LogP contribution in [0.2, 0.25) is 0 Å². The summed E-state index contributed by atoms with van der Waals surface area (Å²) >= 11 is 5.48. The molecule has 0 spiro atoms. The molecule has 1 aliphatic heterocycles. The Hall–Kier alpha value is -0.450. The van der Waals surface area contributed by atoms with Crippen molar-refractivity contribution in [2.75, 3.05) is 18.5 Å². The van der Waals surface area contributed by atoms with Crippen LogP contribution in [0.3, 0.4) is 0 Å². The lowest BCUT2D eigenvalue weighted by Crippen LogP contribution is -2.35. The first-order valence-corrected chi connectivity index (χ1v) is 8.23. The summed E-state index contributed by atoms with van der Waals surface area (Å²) in [5.41, 5.74) is 1.37. The highest BCUT2D eigenvalue weighted by Crippen LogP contribution is 2.36. The summed E-state index contributed by atoms with van der Waals surface area (Å²) in [5, 5.41) is 2.23. The number of ether oxygens (including phenoxy) is 1. The van der Waals surface area contributed by atoms with E-state index in [9.17, 15) is 0 Å². The van der Waals surface area contributed by atoms with Crippen molar-refractivity contribution in [3.8, 4) is 0 Å². The summed E-state index contributed by atoms with van der Waals surface area (Å²) in [7, 11) is 0. The molecular formula is C14H16BrNOS. The molecule has 0 aliphatic carbocycles. The molecule has 1 unspecified atom stereocenters. The zero-order valence-electron chi connectivity index (χ0n) is 10.2. The summed E-state index contributed by atoms with van der Waals surface area (Å²) in [4.78, 5) is 4.74. The molecule has 1 aromatic heterocycles. The van der Waals surface area contributed by atoms with Gasteiger partial charge in [0.15, 0.2) is 0 Å². The van der Waals surface area contributed by atoms with E-state index in [-0.39, 0.29) is 5.41 Å². The Morgan fingerprint density at radius 2 is 2.28 bits per heavy atom. The number of thiazole rings is 1. The Bertz CT molecular complexity index is 500. The van der Waals surface area contributed by atoms with Crippen molar-refractivity contribution < 1.29 is 4.74 Å². The van der Waals surface area contributed by atoms with E-state index < -0.39 is 0 Å². The Morgan fingerprint density at radius 3 is 3.00 bits per heavy atom. The Morgan fingerprint density at radius 1 is 1.39 bits per heavy atom. The van der Waals surface area contributed by atoms with E-state index in [1.165, 1.54) is 16.1 Å². The van der Waals surface area contributed by atoms with E-state index in [0.717, 1.165) is 36.9 Å². The highest BCUT2D eigenvalue weighted by molar-refractivity contribution is 9.09. The monoisotopic (exact) mass is 325 g/mol. The number of hydrogen-bond donors (Lipinski definition) is 0. The molecule has 0 bridgehead atoms. The molecule has 0 radical (unpaired) electrons. The number of nitrogens with zero attached hydrogens (tertiary/aromatic N) is 1. The summed E-state index contributed by atoms with van der Waals surface area (Å²) in [6.07, 6.45) is 3.42. The quantitative estimate of drug-likeness (QED) is 0.795. The van der Waals surface area contributed by atoms with Gasteiger partial charge in [-0.1, -0.05) is 28.1 Å². The van der Waals surface area contributed by atoms with Gasteiger partial charge in [0.2, 0.25) is 0 Å². The van der Waals surface area contributed by atoms with E-state index in [1.54, 1.807) is 0 Å². The van der Waals surface area contributed by atoms with Crippen molar-refractivity contribution in [2.24, 2.45) is 5.41 Å². The van der Waals surface area contributed by atoms with Crippen LogP contribution in [0.4, 0.5) is 0 Å². The van der Waals surface area contributed by atoms with Crippen molar-refractivity contribution in [3.63, 3.8) is 0 Å². The van der Waals surface area contributed by atoms with Crippen LogP contribution in [0.25, 0.3) is 10.2 Å². The number of para-hydroxylation sites is 1. The number of benzene rings is 1. The van der Waals surface area contributed by atoms with Crippen molar-refractivity contribution >= 4 is 37.5 Å². The van der Waals surface area contributed by atoms with E-state index in [0.29, 0.717) is 0 Å². The van der Waals surface area contributed by atoms with Crippen molar-refractivity contribution in [1.82, 2.24) is 4.98 Å². The van der Waals surface area contributed by atoms with Crippen molar-refractivity contribution in [1.29, 1.82) is 0 Å². The summed E-state index contributed by atoms with van der Waals surface area (Å²) in [6, 6.07) is 8.37. The molecule has 1 saturated heterocycles. The van der Waals surface area contributed by atoms with Gasteiger partial charge in [0.25, 0.3) is 0 Å². The first kappa shape index (κ1) is 12.6. The van der Waals surface area contributed by atoms with Gasteiger partial charge < -0.3 is 4.74 Å². The lowest BCUT2D eigenvalue weighted by atomic mass is 9.82. The van der Waals surface area contributed by atoms with Gasteiger partial charge in [-0.2, -0.15) is 0 Å². The standard InChI is InChI=1S/C14H16BrNOS/c15-9-14(6-3-7-17-10-14)8-13-16-11-4-1-2-5-12(11)18-13/h1-2,4-5H,3,6-10H2. The molecular weight excluding hydrogens is 310 g/mol. The fourth-order valence-corrected chi connectivity index (χ4v) is 4.30. The van der Waals surface area contributed by atoms with E-state index in [1.807, 2.05) is 11.3 Å². The maximum atomic E-state index is 5.67. The van der Waals surface area contributed by atoms with Gasteiger partial charge in [-0.25, -0.2) is 4.98 Å². The molecule has 3 rings (SSSR count). The van der Waals surface area contributed by atoms with Gasteiger partial charge >= 0.3 is 0 Å². The third kappa shape index (κ3) is 2.46. The average molecular weight is 326 g/mol. The first-order chi connectivity index (χ1) is 8.81. The molecule has 1 atom stereocenters. The maximum Gasteiger partial charge on any atom is 0.0945 e. The van der Waals surface area contributed by atoms with Crippen LogP contribution in [-0.4, -0.2) is 23.5 Å². The zero-order valence-corrected chi connectivity index (χ0v) is 12.6. The van der Waals surface area contributed by atoms with Gasteiger partial charge in [-0.05, 0) is 25.0 Å². The predicted octanol–water partition coefficient (Wildman–Crippen LogP) is 4.03. The van der Waals surface area contributed by atoms with Crippen LogP contribution in [0.1, 0.15) is 17.8 Å². The minimum atomic E-state index is 0.242. The molecule has 96 valence electrons. The van der Waals surface area contributed by atoms with Crippen LogP contribution >= 0.6 is 27.3 Å². The fourth-order valence-electron chi connectivity index (χ4n) is 2.52. The molecule has 2 aromatic rings. The van der Waals surface area contributed by atoms with Crippen molar-refractivity contribution in [2.45, 2.75) is 19.3 Å². The SMILES string of the molecule is BrCC1(Cc2nc3ccccc3s2)CCCOC1.